The van der Waals surface area contributed by atoms with Crippen molar-refractivity contribution in [3.63, 3.8) is 0 Å². The van der Waals surface area contributed by atoms with Gasteiger partial charge in [0, 0.05) is 5.60 Å². The van der Waals surface area contributed by atoms with Gasteiger partial charge in [0.1, 0.15) is 0 Å². The third-order valence-electron chi connectivity index (χ3n) is 3.41. The molecule has 0 aromatic carbocycles. The lowest BCUT2D eigenvalue weighted by molar-refractivity contribution is 0.136. The van der Waals surface area contributed by atoms with Crippen molar-refractivity contribution in [1.82, 2.24) is 0 Å². The quantitative estimate of drug-likeness (QED) is 0.359. The van der Waals surface area contributed by atoms with E-state index in [0.717, 1.165) is 0 Å². The van der Waals surface area contributed by atoms with Gasteiger partial charge in [0.25, 0.3) is 0 Å². The van der Waals surface area contributed by atoms with Gasteiger partial charge in [-0.2, -0.15) is 0 Å². The molecule has 0 heterocycles. The van der Waals surface area contributed by atoms with E-state index in [0.29, 0.717) is 14.9 Å². The smallest absolute Gasteiger partial charge is 0.233 e. The highest BCUT2D eigenvalue weighted by Gasteiger charge is 2.36. The van der Waals surface area contributed by atoms with Crippen LogP contribution < -0.4 is 0 Å². The van der Waals surface area contributed by atoms with Crippen molar-refractivity contribution in [2.45, 2.75) is 103 Å². The Kier molecular flexibility index (Phi) is 10.6. The van der Waals surface area contributed by atoms with Gasteiger partial charge in [-0.05, 0) is 52.1 Å². The Bertz CT molecular complexity index is 263. The Balaban J connectivity index is 4.46. The molecule has 2 nitrogen and oxygen atoms in total. The van der Waals surface area contributed by atoms with E-state index in [4.69, 9.17) is 8.54 Å². The van der Waals surface area contributed by atoms with Crippen LogP contribution in [0.3, 0.4) is 0 Å². The second-order valence-electron chi connectivity index (χ2n) is 7.70. The summed E-state index contributed by atoms with van der Waals surface area (Å²) in [6.45, 7) is 18.0. The lowest BCUT2D eigenvalue weighted by Crippen LogP contribution is -2.44. The minimum Gasteiger partial charge on any atom is -0.456 e. The molecule has 0 rings (SSSR count). The van der Waals surface area contributed by atoms with Gasteiger partial charge < -0.3 is 8.54 Å². The van der Waals surface area contributed by atoms with Gasteiger partial charge in [0.05, 0.1) is 0 Å². The van der Waals surface area contributed by atoms with Crippen LogP contribution in [0, 0.1) is 0 Å². The topological polar surface area (TPSA) is 18.5 Å². The van der Waals surface area contributed by atoms with Crippen LogP contribution in [-0.2, 0) is 8.54 Å². The zero-order chi connectivity index (χ0) is 16.5. The maximum absolute atomic E-state index is 6.41. The predicted octanol–water partition coefficient (Wildman–Crippen LogP) is 5.58. The molecule has 0 bridgehead atoms. The number of hydrogen-bond donors (Lipinski definition) is 0. The number of hydrogen-bond acceptors (Lipinski definition) is 2. The van der Waals surface area contributed by atoms with Crippen molar-refractivity contribution < 1.29 is 8.54 Å². The Morgan fingerprint density at radius 1 is 1.05 bits per heavy atom. The average molecular weight is 346 g/mol. The zero-order valence-corrected chi connectivity index (χ0v) is 18.6. The summed E-state index contributed by atoms with van der Waals surface area (Å²) in [6.07, 6.45) is 8.06. The highest BCUT2D eigenvalue weighted by atomic mass is 28.4. The Morgan fingerprint density at radius 3 is 2.10 bits per heavy atom. The molecule has 0 amide bonds. The Hall–Kier alpha value is 0.571. The van der Waals surface area contributed by atoms with E-state index in [1.165, 1.54) is 38.5 Å². The molecule has 0 N–H and O–H groups in total. The molecular formula is C16H37O2Si3. The molecule has 0 saturated heterocycles. The van der Waals surface area contributed by atoms with Gasteiger partial charge >= 0.3 is 0 Å². The van der Waals surface area contributed by atoms with E-state index < -0.39 is 17.4 Å². The fourth-order valence-electron chi connectivity index (χ4n) is 2.35. The molecule has 0 aliphatic carbocycles. The zero-order valence-electron chi connectivity index (χ0n) is 15.6. The first kappa shape index (κ1) is 21.6. The van der Waals surface area contributed by atoms with Gasteiger partial charge in [-0.1, -0.05) is 45.4 Å². The van der Waals surface area contributed by atoms with E-state index in [1.807, 2.05) is 0 Å². The normalized spacial score (nSPS) is 14.7. The van der Waals surface area contributed by atoms with Gasteiger partial charge in [-0.3, -0.25) is 0 Å². The van der Waals surface area contributed by atoms with Crippen LogP contribution in [0.4, 0.5) is 0 Å². The summed E-state index contributed by atoms with van der Waals surface area (Å²) in [5.74, 6) is 0. The van der Waals surface area contributed by atoms with Crippen LogP contribution in [-0.4, -0.2) is 32.7 Å². The molecule has 21 heavy (non-hydrogen) atoms. The fourth-order valence-corrected chi connectivity index (χ4v) is 10.7. The largest absolute Gasteiger partial charge is 0.456 e. The SMILES string of the molecule is CCCCCCCC([Si]OC(C)(C)C)[Si](C)(C)O[Si](C)C. The van der Waals surface area contributed by atoms with Crippen LogP contribution in [0.25, 0.3) is 0 Å². The summed E-state index contributed by atoms with van der Waals surface area (Å²) in [5, 5.41) is 0.651. The minimum absolute atomic E-state index is 0.0321. The predicted molar refractivity (Wildman–Crippen MR) is 99.8 cm³/mol. The molecular weight excluding hydrogens is 308 g/mol. The van der Waals surface area contributed by atoms with Crippen LogP contribution >= 0.6 is 0 Å². The molecule has 1 unspecified atom stereocenters. The first-order chi connectivity index (χ1) is 9.58. The average Bonchev–Trinajstić information content (AvgIpc) is 2.29. The minimum atomic E-state index is -1.63. The third kappa shape index (κ3) is 11.8. The van der Waals surface area contributed by atoms with Crippen LogP contribution in [0.5, 0.6) is 0 Å². The summed E-state index contributed by atoms with van der Waals surface area (Å²) >= 11 is 0. The molecule has 0 spiro atoms. The first-order valence-corrected chi connectivity index (χ1v) is 14.9. The molecule has 1 atom stereocenters. The molecule has 5 heteroatoms. The standard InChI is InChI=1S/C16H37O2Si3/c1-9-10-11-12-13-14-15(19-17-16(2,3)4)21(7,8)18-20(5)6/h15H,9-14H2,1-8H3. The van der Waals surface area contributed by atoms with Crippen molar-refractivity contribution >= 4 is 27.1 Å². The second-order valence-corrected chi connectivity index (χ2v) is 16.0. The summed E-state index contributed by atoms with van der Waals surface area (Å²) in [4.78, 5) is 0. The Morgan fingerprint density at radius 2 is 1.62 bits per heavy atom. The van der Waals surface area contributed by atoms with Crippen LogP contribution in [0.15, 0.2) is 0 Å². The summed E-state index contributed by atoms with van der Waals surface area (Å²) in [5.41, 5.74) is -0.0321. The van der Waals surface area contributed by atoms with E-state index in [2.05, 4.69) is 53.9 Å². The maximum atomic E-state index is 6.41. The monoisotopic (exact) mass is 345 g/mol. The molecule has 0 saturated carbocycles. The summed E-state index contributed by atoms with van der Waals surface area (Å²) in [7, 11) is -1.66. The Labute approximate surface area is 139 Å². The highest BCUT2D eigenvalue weighted by molar-refractivity contribution is 6.84. The fraction of sp³-hybridized carbons (Fsp3) is 1.00. The van der Waals surface area contributed by atoms with Crippen molar-refractivity contribution in [3.05, 3.63) is 0 Å². The highest BCUT2D eigenvalue weighted by Crippen LogP contribution is 2.30. The maximum Gasteiger partial charge on any atom is 0.233 e. The number of unbranched alkanes of at least 4 members (excludes halogenated alkanes) is 4. The van der Waals surface area contributed by atoms with Crippen LogP contribution in [0.1, 0.15) is 66.2 Å². The lowest BCUT2D eigenvalue weighted by atomic mass is 10.1. The molecule has 0 aliphatic heterocycles. The van der Waals surface area contributed by atoms with E-state index >= 15 is 0 Å². The molecule has 3 radical (unpaired) electrons. The van der Waals surface area contributed by atoms with Crippen molar-refractivity contribution in [3.8, 4) is 0 Å². The first-order valence-electron chi connectivity index (χ1n) is 8.51. The van der Waals surface area contributed by atoms with Crippen molar-refractivity contribution in [1.29, 1.82) is 0 Å². The molecule has 0 aliphatic rings. The van der Waals surface area contributed by atoms with Gasteiger partial charge in [-0.25, -0.2) is 0 Å². The van der Waals surface area contributed by atoms with Gasteiger partial charge in [-0.15, -0.1) is 0 Å². The number of rotatable bonds is 11. The van der Waals surface area contributed by atoms with E-state index in [1.54, 1.807) is 0 Å². The second kappa shape index (κ2) is 10.4. The van der Waals surface area contributed by atoms with Gasteiger partial charge in [0.2, 0.25) is 9.76 Å². The van der Waals surface area contributed by atoms with Crippen LogP contribution in [0.2, 0.25) is 31.4 Å². The van der Waals surface area contributed by atoms with E-state index in [-0.39, 0.29) is 5.60 Å². The van der Waals surface area contributed by atoms with Crippen molar-refractivity contribution in [2.75, 3.05) is 0 Å². The summed E-state index contributed by atoms with van der Waals surface area (Å²) < 4.78 is 12.5. The van der Waals surface area contributed by atoms with Gasteiger partial charge in [0.15, 0.2) is 17.4 Å². The lowest BCUT2D eigenvalue weighted by Gasteiger charge is -2.35. The molecule has 0 fully saturated rings. The third-order valence-corrected chi connectivity index (χ3v) is 12.9. The van der Waals surface area contributed by atoms with E-state index in [9.17, 15) is 0 Å². The molecule has 0 aromatic heterocycles. The summed E-state index contributed by atoms with van der Waals surface area (Å²) in [6, 6.07) is 0. The molecule has 125 valence electrons. The molecule has 0 aromatic rings. The van der Waals surface area contributed by atoms with Crippen molar-refractivity contribution in [2.24, 2.45) is 0 Å².